The van der Waals surface area contributed by atoms with E-state index in [4.69, 9.17) is 4.74 Å². The average Bonchev–Trinajstić information content (AvgIpc) is 2.67. The van der Waals surface area contributed by atoms with Crippen molar-refractivity contribution in [1.82, 2.24) is 4.98 Å². The van der Waals surface area contributed by atoms with Crippen molar-refractivity contribution in [2.24, 2.45) is 11.8 Å². The van der Waals surface area contributed by atoms with Crippen LogP contribution in [0.2, 0.25) is 0 Å². The maximum atomic E-state index is 11.7. The Labute approximate surface area is 159 Å². The van der Waals surface area contributed by atoms with Crippen LogP contribution in [0, 0.1) is 11.8 Å². The van der Waals surface area contributed by atoms with E-state index in [1.807, 2.05) is 12.1 Å². The highest BCUT2D eigenvalue weighted by Crippen LogP contribution is 2.34. The molecule has 1 saturated carbocycles. The lowest BCUT2D eigenvalue weighted by Crippen LogP contribution is -2.15. The van der Waals surface area contributed by atoms with Crippen LogP contribution in [0.4, 0.5) is 0 Å². The summed E-state index contributed by atoms with van der Waals surface area (Å²) in [6.45, 7) is 4.42. The van der Waals surface area contributed by atoms with Crippen LogP contribution in [-0.4, -0.2) is 11.0 Å². The molecule has 1 aromatic rings. The van der Waals surface area contributed by atoms with Crippen molar-refractivity contribution in [2.75, 3.05) is 0 Å². The van der Waals surface area contributed by atoms with Gasteiger partial charge in [-0.1, -0.05) is 71.6 Å². The van der Waals surface area contributed by atoms with Gasteiger partial charge in [0.1, 0.15) is 5.75 Å². The summed E-state index contributed by atoms with van der Waals surface area (Å²) in [4.78, 5) is 16.2. The van der Waals surface area contributed by atoms with Crippen LogP contribution in [0.15, 0.2) is 18.3 Å². The minimum Gasteiger partial charge on any atom is -0.425 e. The zero-order valence-electron chi connectivity index (χ0n) is 16.8. The normalized spacial score (nSPS) is 20.1. The van der Waals surface area contributed by atoms with Crippen LogP contribution in [0.5, 0.6) is 5.75 Å². The molecule has 0 radical (unpaired) electrons. The smallest absolute Gasteiger partial charge is 0.311 e. The lowest BCUT2D eigenvalue weighted by Gasteiger charge is -2.28. The number of hydrogen-bond donors (Lipinski definition) is 0. The minimum atomic E-state index is -0.146. The van der Waals surface area contributed by atoms with Gasteiger partial charge in [-0.15, -0.1) is 0 Å². The number of hydrogen-bond acceptors (Lipinski definition) is 3. The molecule has 0 unspecified atom stereocenters. The maximum absolute atomic E-state index is 11.7. The summed E-state index contributed by atoms with van der Waals surface area (Å²) in [5.74, 6) is 2.28. The zero-order valence-corrected chi connectivity index (χ0v) is 16.8. The van der Waals surface area contributed by atoms with E-state index in [2.05, 4.69) is 18.8 Å². The van der Waals surface area contributed by atoms with E-state index in [0.29, 0.717) is 12.2 Å². The Morgan fingerprint density at radius 2 is 1.69 bits per heavy atom. The van der Waals surface area contributed by atoms with Crippen LogP contribution in [-0.2, 0) is 11.2 Å². The van der Waals surface area contributed by atoms with Crippen molar-refractivity contribution in [3.63, 3.8) is 0 Å². The number of rotatable bonds is 11. The molecule has 0 aromatic carbocycles. The van der Waals surface area contributed by atoms with Gasteiger partial charge in [-0.2, -0.15) is 0 Å². The molecule has 0 atom stereocenters. The Balaban J connectivity index is 1.65. The fraction of sp³-hybridized carbons (Fsp3) is 0.739. The zero-order chi connectivity index (χ0) is 18.6. The molecule has 3 nitrogen and oxygen atoms in total. The number of aryl methyl sites for hydroxylation is 1. The average molecular weight is 360 g/mol. The fourth-order valence-corrected chi connectivity index (χ4v) is 3.97. The number of carbonyl (C=O) groups excluding carboxylic acids is 1. The molecule has 0 amide bonds. The van der Waals surface area contributed by atoms with Gasteiger partial charge in [-0.3, -0.25) is 9.78 Å². The summed E-state index contributed by atoms with van der Waals surface area (Å²) in [6.07, 6.45) is 17.4. The summed E-state index contributed by atoms with van der Waals surface area (Å²) in [5, 5.41) is 0. The fourth-order valence-electron chi connectivity index (χ4n) is 3.97. The number of nitrogens with zero attached hydrogens (tertiary/aromatic N) is 1. The quantitative estimate of drug-likeness (QED) is 0.334. The first-order valence-electron chi connectivity index (χ1n) is 10.9. The maximum Gasteiger partial charge on any atom is 0.311 e. The second kappa shape index (κ2) is 12.1. The molecule has 0 aliphatic heterocycles. The van der Waals surface area contributed by atoms with Crippen molar-refractivity contribution in [1.29, 1.82) is 0 Å². The van der Waals surface area contributed by atoms with Crippen LogP contribution < -0.4 is 4.74 Å². The summed E-state index contributed by atoms with van der Waals surface area (Å²) >= 11 is 0. The third kappa shape index (κ3) is 7.88. The van der Waals surface area contributed by atoms with Crippen LogP contribution in [0.25, 0.3) is 0 Å². The van der Waals surface area contributed by atoms with Gasteiger partial charge in [0, 0.05) is 12.1 Å². The topological polar surface area (TPSA) is 39.2 Å². The van der Waals surface area contributed by atoms with E-state index in [9.17, 15) is 4.79 Å². The van der Waals surface area contributed by atoms with Crippen LogP contribution in [0.1, 0.15) is 96.6 Å². The lowest BCUT2D eigenvalue weighted by atomic mass is 9.78. The predicted molar refractivity (Wildman–Crippen MR) is 107 cm³/mol. The van der Waals surface area contributed by atoms with Crippen molar-refractivity contribution in [2.45, 2.75) is 97.3 Å². The second-order valence-corrected chi connectivity index (χ2v) is 7.98. The SMILES string of the molecule is CCCCCC(=O)Oc1ccc(CCC2CCC(CCCC)CC2)nc1. The minimum absolute atomic E-state index is 0.146. The first-order chi connectivity index (χ1) is 12.7. The molecule has 0 N–H and O–H groups in total. The van der Waals surface area contributed by atoms with Gasteiger partial charge in [0.05, 0.1) is 6.20 Å². The number of carbonyl (C=O) groups is 1. The summed E-state index contributed by atoms with van der Waals surface area (Å²) in [5.41, 5.74) is 1.11. The van der Waals surface area contributed by atoms with Crippen molar-refractivity contribution >= 4 is 5.97 Å². The number of esters is 1. The van der Waals surface area contributed by atoms with Crippen molar-refractivity contribution in [3.05, 3.63) is 24.0 Å². The van der Waals surface area contributed by atoms with Gasteiger partial charge < -0.3 is 4.74 Å². The largest absolute Gasteiger partial charge is 0.425 e. The van der Waals surface area contributed by atoms with Gasteiger partial charge in [-0.25, -0.2) is 0 Å². The lowest BCUT2D eigenvalue weighted by molar-refractivity contribution is -0.134. The molecular formula is C23H37NO2. The molecule has 2 rings (SSSR count). The Bertz CT molecular complexity index is 503. The van der Waals surface area contributed by atoms with E-state index in [0.717, 1.165) is 43.2 Å². The summed E-state index contributed by atoms with van der Waals surface area (Å²) < 4.78 is 5.35. The molecule has 1 fully saturated rings. The molecule has 146 valence electrons. The molecule has 0 spiro atoms. The molecule has 1 aliphatic rings. The van der Waals surface area contributed by atoms with Crippen molar-refractivity contribution < 1.29 is 9.53 Å². The Morgan fingerprint density at radius 1 is 1.00 bits per heavy atom. The van der Waals surface area contributed by atoms with Gasteiger partial charge in [0.15, 0.2) is 0 Å². The second-order valence-electron chi connectivity index (χ2n) is 7.98. The third-order valence-corrected chi connectivity index (χ3v) is 5.75. The molecule has 3 heteroatoms. The Hall–Kier alpha value is -1.38. The van der Waals surface area contributed by atoms with Gasteiger partial charge in [0.2, 0.25) is 0 Å². The molecule has 1 aliphatic carbocycles. The highest BCUT2D eigenvalue weighted by molar-refractivity contribution is 5.72. The molecule has 1 aromatic heterocycles. The van der Waals surface area contributed by atoms with E-state index in [1.165, 1.54) is 51.4 Å². The molecule has 26 heavy (non-hydrogen) atoms. The van der Waals surface area contributed by atoms with Crippen LogP contribution >= 0.6 is 0 Å². The highest BCUT2D eigenvalue weighted by atomic mass is 16.5. The number of pyridine rings is 1. The van der Waals surface area contributed by atoms with Gasteiger partial charge in [-0.05, 0) is 43.2 Å². The summed E-state index contributed by atoms with van der Waals surface area (Å²) in [6, 6.07) is 3.91. The molecule has 1 heterocycles. The molecular weight excluding hydrogens is 322 g/mol. The van der Waals surface area contributed by atoms with E-state index < -0.39 is 0 Å². The first-order valence-corrected chi connectivity index (χ1v) is 10.9. The summed E-state index contributed by atoms with van der Waals surface area (Å²) in [7, 11) is 0. The van der Waals surface area contributed by atoms with Gasteiger partial charge in [0.25, 0.3) is 0 Å². The number of ether oxygens (including phenoxy) is 1. The monoisotopic (exact) mass is 359 g/mol. The van der Waals surface area contributed by atoms with Gasteiger partial charge >= 0.3 is 5.97 Å². The number of unbranched alkanes of at least 4 members (excludes halogenated alkanes) is 3. The van der Waals surface area contributed by atoms with Crippen LogP contribution in [0.3, 0.4) is 0 Å². The third-order valence-electron chi connectivity index (χ3n) is 5.75. The molecule has 0 bridgehead atoms. The first kappa shape index (κ1) is 20.9. The van der Waals surface area contributed by atoms with E-state index in [1.54, 1.807) is 6.20 Å². The standard InChI is InChI=1S/C23H37NO2/c1-3-5-7-9-23(25)26-22-17-16-21(24-18-22)15-14-20-12-10-19(11-13-20)8-6-4-2/h16-20H,3-15H2,1-2H3. The predicted octanol–water partition coefficient (Wildman–Crippen LogP) is 6.50. The van der Waals surface area contributed by atoms with Crippen molar-refractivity contribution in [3.8, 4) is 5.75 Å². The Morgan fingerprint density at radius 3 is 2.31 bits per heavy atom. The number of aromatic nitrogens is 1. The Kier molecular flexibility index (Phi) is 9.73. The molecule has 0 saturated heterocycles. The van der Waals surface area contributed by atoms with E-state index in [-0.39, 0.29) is 5.97 Å². The van der Waals surface area contributed by atoms with E-state index >= 15 is 0 Å². The highest BCUT2D eigenvalue weighted by Gasteiger charge is 2.20.